The number of hydrogen-bond acceptors (Lipinski definition) is 5. The number of carbonyl (C=O) groups excluding carboxylic acids is 1. The summed E-state index contributed by atoms with van der Waals surface area (Å²) in [6, 6.07) is -0.754. The monoisotopic (exact) mass is 291 g/mol. The Balaban J connectivity index is 2.62. The normalized spacial score (nSPS) is 23.1. The summed E-state index contributed by atoms with van der Waals surface area (Å²) in [4.78, 5) is 24.8. The largest absolute Gasteiger partial charge is 0.480 e. The summed E-state index contributed by atoms with van der Waals surface area (Å²) >= 11 is 1.51. The van der Waals surface area contributed by atoms with Gasteiger partial charge in [-0.3, -0.25) is 4.79 Å². The molecule has 2 atom stereocenters. The van der Waals surface area contributed by atoms with E-state index in [9.17, 15) is 14.7 Å². The van der Waals surface area contributed by atoms with Gasteiger partial charge in [-0.1, -0.05) is 13.8 Å². The maximum Gasteiger partial charge on any atom is 0.327 e. The van der Waals surface area contributed by atoms with Crippen LogP contribution in [0.15, 0.2) is 0 Å². The van der Waals surface area contributed by atoms with Gasteiger partial charge >= 0.3 is 5.97 Å². The molecular weight excluding hydrogens is 270 g/mol. The first-order valence-electron chi connectivity index (χ1n) is 6.21. The third-order valence-electron chi connectivity index (χ3n) is 2.84. The summed E-state index contributed by atoms with van der Waals surface area (Å²) in [5.41, 5.74) is 0. The number of nitrogens with zero attached hydrogens (tertiary/aromatic N) is 1. The van der Waals surface area contributed by atoms with Crippen LogP contribution in [-0.2, 0) is 19.1 Å². The van der Waals surface area contributed by atoms with Gasteiger partial charge in [0.15, 0.2) is 0 Å². The highest BCUT2D eigenvalue weighted by Crippen LogP contribution is 2.34. The molecule has 1 aliphatic heterocycles. The highest BCUT2D eigenvalue weighted by Gasteiger charge is 2.42. The third-order valence-corrected chi connectivity index (χ3v) is 4.46. The summed E-state index contributed by atoms with van der Waals surface area (Å²) in [5, 5.41) is 9.08. The number of rotatable bonds is 7. The van der Waals surface area contributed by atoms with E-state index in [2.05, 4.69) is 0 Å². The number of thioether (sulfide) groups is 1. The van der Waals surface area contributed by atoms with E-state index < -0.39 is 12.0 Å². The standard InChI is InChI=1S/C12H21NO5S/c1-8(2)11-13(9(7-19-11)12(15)16)10(14)6-18-5-4-17-3/h8-9,11H,4-7H2,1-3H3,(H,15,16). The van der Waals surface area contributed by atoms with Gasteiger partial charge in [-0.05, 0) is 5.92 Å². The van der Waals surface area contributed by atoms with Crippen molar-refractivity contribution >= 4 is 23.6 Å². The van der Waals surface area contributed by atoms with Crippen LogP contribution in [0.1, 0.15) is 13.8 Å². The summed E-state index contributed by atoms with van der Waals surface area (Å²) in [6.45, 7) is 4.60. The molecule has 1 aliphatic rings. The number of amides is 1. The Morgan fingerprint density at radius 1 is 1.42 bits per heavy atom. The molecule has 19 heavy (non-hydrogen) atoms. The molecule has 1 rings (SSSR count). The summed E-state index contributed by atoms with van der Waals surface area (Å²) < 4.78 is 10.0. The molecule has 0 aromatic carbocycles. The van der Waals surface area contributed by atoms with E-state index in [4.69, 9.17) is 9.47 Å². The van der Waals surface area contributed by atoms with Gasteiger partial charge in [0.2, 0.25) is 5.91 Å². The van der Waals surface area contributed by atoms with Crippen molar-refractivity contribution in [1.29, 1.82) is 0 Å². The van der Waals surface area contributed by atoms with E-state index in [1.165, 1.54) is 16.7 Å². The van der Waals surface area contributed by atoms with Gasteiger partial charge in [-0.15, -0.1) is 11.8 Å². The first kappa shape index (κ1) is 16.3. The van der Waals surface area contributed by atoms with Crippen molar-refractivity contribution in [2.75, 3.05) is 32.7 Å². The molecular formula is C12H21NO5S. The second-order valence-electron chi connectivity index (χ2n) is 4.67. The molecule has 0 saturated carbocycles. The van der Waals surface area contributed by atoms with Gasteiger partial charge in [0, 0.05) is 12.9 Å². The fraction of sp³-hybridized carbons (Fsp3) is 0.833. The van der Waals surface area contributed by atoms with Crippen molar-refractivity contribution in [2.45, 2.75) is 25.3 Å². The summed E-state index contributed by atoms with van der Waals surface area (Å²) in [6.07, 6.45) is 0. The third kappa shape index (κ3) is 4.36. The Labute approximate surface area is 117 Å². The maximum atomic E-state index is 12.1. The lowest BCUT2D eigenvalue weighted by Gasteiger charge is -2.29. The van der Waals surface area contributed by atoms with Gasteiger partial charge < -0.3 is 19.5 Å². The molecule has 0 aromatic rings. The number of carboxylic acid groups (broad SMARTS) is 1. The summed E-state index contributed by atoms with van der Waals surface area (Å²) in [5.74, 6) is -0.590. The Morgan fingerprint density at radius 3 is 2.63 bits per heavy atom. The van der Waals surface area contributed by atoms with Crippen molar-refractivity contribution in [1.82, 2.24) is 4.90 Å². The molecule has 6 nitrogen and oxygen atoms in total. The van der Waals surface area contributed by atoms with Crippen molar-refractivity contribution in [3.63, 3.8) is 0 Å². The fourth-order valence-corrected chi connectivity index (χ4v) is 3.42. The minimum atomic E-state index is -0.958. The smallest absolute Gasteiger partial charge is 0.327 e. The molecule has 7 heteroatoms. The number of carbonyl (C=O) groups is 2. The minimum absolute atomic E-state index is 0.0976. The molecule has 0 aliphatic carbocycles. The van der Waals surface area contributed by atoms with Crippen LogP contribution in [0.2, 0.25) is 0 Å². The molecule has 0 spiro atoms. The topological polar surface area (TPSA) is 76.1 Å². The lowest BCUT2D eigenvalue weighted by Crippen LogP contribution is -2.48. The van der Waals surface area contributed by atoms with Crippen molar-refractivity contribution in [2.24, 2.45) is 5.92 Å². The number of carboxylic acids is 1. The lowest BCUT2D eigenvalue weighted by molar-refractivity contribution is -0.151. The van der Waals surface area contributed by atoms with Crippen molar-refractivity contribution < 1.29 is 24.2 Å². The maximum absolute atomic E-state index is 12.1. The Kier molecular flexibility index (Phi) is 6.60. The van der Waals surface area contributed by atoms with Crippen LogP contribution in [0.5, 0.6) is 0 Å². The molecule has 0 aromatic heterocycles. The quantitative estimate of drug-likeness (QED) is 0.694. The van der Waals surface area contributed by atoms with E-state index in [0.29, 0.717) is 19.0 Å². The fourth-order valence-electron chi connectivity index (χ4n) is 1.92. The predicted molar refractivity (Wildman–Crippen MR) is 72.0 cm³/mol. The SMILES string of the molecule is COCCOCC(=O)N1C(C(=O)O)CSC1C(C)C. The summed E-state index contributed by atoms with van der Waals surface area (Å²) in [7, 11) is 1.55. The van der Waals surface area contributed by atoms with Gasteiger partial charge in [0.05, 0.1) is 18.6 Å². The van der Waals surface area contributed by atoms with Crippen molar-refractivity contribution in [3.8, 4) is 0 Å². The van der Waals surface area contributed by atoms with Crippen LogP contribution in [0, 0.1) is 5.92 Å². The molecule has 1 fully saturated rings. The second kappa shape index (κ2) is 7.72. The van der Waals surface area contributed by atoms with E-state index >= 15 is 0 Å². The Morgan fingerprint density at radius 2 is 2.11 bits per heavy atom. The number of aliphatic carboxylic acids is 1. The van der Waals surface area contributed by atoms with Crippen molar-refractivity contribution in [3.05, 3.63) is 0 Å². The second-order valence-corrected chi connectivity index (χ2v) is 5.82. The van der Waals surface area contributed by atoms with Crippen LogP contribution in [0.4, 0.5) is 0 Å². The van der Waals surface area contributed by atoms with E-state index in [-0.39, 0.29) is 23.8 Å². The zero-order valence-electron chi connectivity index (χ0n) is 11.5. The number of methoxy groups -OCH3 is 1. The highest BCUT2D eigenvalue weighted by molar-refractivity contribution is 8.00. The Bertz CT molecular complexity index is 323. The van der Waals surface area contributed by atoms with Gasteiger partial charge in [0.1, 0.15) is 12.6 Å². The van der Waals surface area contributed by atoms with Crippen LogP contribution >= 0.6 is 11.8 Å². The van der Waals surface area contributed by atoms with Crippen LogP contribution < -0.4 is 0 Å². The molecule has 0 radical (unpaired) electrons. The van der Waals surface area contributed by atoms with Gasteiger partial charge in [0.25, 0.3) is 0 Å². The first-order valence-corrected chi connectivity index (χ1v) is 7.26. The zero-order chi connectivity index (χ0) is 14.4. The molecule has 1 N–H and O–H groups in total. The van der Waals surface area contributed by atoms with Crippen LogP contribution in [0.3, 0.4) is 0 Å². The predicted octanol–water partition coefficient (Wildman–Crippen LogP) is 0.660. The highest BCUT2D eigenvalue weighted by atomic mass is 32.2. The first-order chi connectivity index (χ1) is 8.99. The van der Waals surface area contributed by atoms with Gasteiger partial charge in [-0.25, -0.2) is 4.79 Å². The van der Waals surface area contributed by atoms with Crippen LogP contribution in [0.25, 0.3) is 0 Å². The van der Waals surface area contributed by atoms with E-state index in [0.717, 1.165) is 0 Å². The zero-order valence-corrected chi connectivity index (χ0v) is 12.3. The van der Waals surface area contributed by atoms with Crippen LogP contribution in [-0.4, -0.2) is 66.0 Å². The minimum Gasteiger partial charge on any atom is -0.480 e. The Hall–Kier alpha value is -0.790. The molecule has 1 saturated heterocycles. The number of ether oxygens (including phenoxy) is 2. The average molecular weight is 291 g/mol. The molecule has 2 unspecified atom stereocenters. The lowest BCUT2D eigenvalue weighted by atomic mass is 10.1. The average Bonchev–Trinajstić information content (AvgIpc) is 2.79. The van der Waals surface area contributed by atoms with Gasteiger partial charge in [-0.2, -0.15) is 0 Å². The van der Waals surface area contributed by atoms with E-state index in [1.807, 2.05) is 13.8 Å². The molecule has 1 heterocycles. The molecule has 1 amide bonds. The molecule has 0 bridgehead atoms. The molecule has 110 valence electrons. The number of hydrogen-bond donors (Lipinski definition) is 1. The van der Waals surface area contributed by atoms with E-state index in [1.54, 1.807) is 7.11 Å².